The first kappa shape index (κ1) is 19.9. The van der Waals surface area contributed by atoms with E-state index in [1.165, 1.54) is 4.90 Å². The molecule has 1 aliphatic heterocycles. The highest BCUT2D eigenvalue weighted by Crippen LogP contribution is 2.44. The van der Waals surface area contributed by atoms with Crippen molar-refractivity contribution < 1.29 is 14.7 Å². The lowest BCUT2D eigenvalue weighted by atomic mass is 9.87. The third kappa shape index (κ3) is 3.27. The minimum Gasteiger partial charge on any atom is -0.372 e. The molecule has 3 aromatic rings. The molecule has 0 bridgehead atoms. The Morgan fingerprint density at radius 3 is 2.37 bits per heavy atom. The molecule has 0 fully saturated rings. The van der Waals surface area contributed by atoms with Crippen molar-refractivity contribution in [2.45, 2.75) is 26.4 Å². The van der Waals surface area contributed by atoms with Crippen LogP contribution in [-0.2, 0) is 15.2 Å². The number of nitrogens with zero attached hydrogens (tertiary/aromatic N) is 1. The summed E-state index contributed by atoms with van der Waals surface area (Å²) in [4.78, 5) is 27.5. The second kappa shape index (κ2) is 7.43. The van der Waals surface area contributed by atoms with Gasteiger partial charge in [0.05, 0.1) is 5.69 Å². The van der Waals surface area contributed by atoms with E-state index < -0.39 is 11.5 Å². The van der Waals surface area contributed by atoms with Crippen LogP contribution in [0.15, 0.2) is 66.7 Å². The van der Waals surface area contributed by atoms with Crippen molar-refractivity contribution >= 4 is 23.2 Å². The standard InChI is InChI=1S/C25H24N2O3/c1-16-9-12-19(13-10-16)25(30)20-6-4-5-7-22(20)27(24(25)29)15-23(28)26-21-14-17(2)8-11-18(21)3/h4-14,30H,15H2,1-3H3,(H,26,28). The van der Waals surface area contributed by atoms with Crippen molar-refractivity contribution in [1.29, 1.82) is 0 Å². The van der Waals surface area contributed by atoms with Gasteiger partial charge in [-0.2, -0.15) is 0 Å². The third-order valence-electron chi connectivity index (χ3n) is 5.58. The number of para-hydroxylation sites is 1. The van der Waals surface area contributed by atoms with Crippen molar-refractivity contribution in [2.24, 2.45) is 0 Å². The fraction of sp³-hybridized carbons (Fsp3) is 0.200. The van der Waals surface area contributed by atoms with Gasteiger partial charge < -0.3 is 10.4 Å². The zero-order valence-electron chi connectivity index (χ0n) is 17.3. The molecule has 1 aliphatic rings. The molecular formula is C25H24N2O3. The maximum absolute atomic E-state index is 13.4. The van der Waals surface area contributed by atoms with Crippen LogP contribution in [-0.4, -0.2) is 23.5 Å². The molecule has 5 heteroatoms. The normalized spacial score (nSPS) is 17.7. The fourth-order valence-corrected chi connectivity index (χ4v) is 3.87. The Morgan fingerprint density at radius 2 is 1.63 bits per heavy atom. The first-order valence-electron chi connectivity index (χ1n) is 9.89. The molecule has 30 heavy (non-hydrogen) atoms. The van der Waals surface area contributed by atoms with Crippen LogP contribution in [0.3, 0.4) is 0 Å². The summed E-state index contributed by atoms with van der Waals surface area (Å²) < 4.78 is 0. The number of aryl methyl sites for hydroxylation is 3. The fourth-order valence-electron chi connectivity index (χ4n) is 3.87. The van der Waals surface area contributed by atoms with Crippen LogP contribution in [0.1, 0.15) is 27.8 Å². The average molecular weight is 400 g/mol. The Balaban J connectivity index is 1.66. The van der Waals surface area contributed by atoms with E-state index in [9.17, 15) is 14.7 Å². The highest BCUT2D eigenvalue weighted by molar-refractivity contribution is 6.12. The van der Waals surface area contributed by atoms with Crippen molar-refractivity contribution in [1.82, 2.24) is 0 Å². The van der Waals surface area contributed by atoms with E-state index in [0.29, 0.717) is 22.5 Å². The summed E-state index contributed by atoms with van der Waals surface area (Å²) in [6, 6.07) is 20.1. The predicted octanol–water partition coefficient (Wildman–Crippen LogP) is 3.83. The highest BCUT2D eigenvalue weighted by atomic mass is 16.3. The smallest absolute Gasteiger partial charge is 0.268 e. The Kier molecular flexibility index (Phi) is 4.92. The Bertz CT molecular complexity index is 1140. The van der Waals surface area contributed by atoms with Gasteiger partial charge in [-0.1, -0.05) is 60.2 Å². The minimum atomic E-state index is -1.82. The van der Waals surface area contributed by atoms with Gasteiger partial charge in [0.1, 0.15) is 6.54 Å². The van der Waals surface area contributed by atoms with Crippen molar-refractivity contribution in [3.63, 3.8) is 0 Å². The van der Waals surface area contributed by atoms with Crippen LogP contribution >= 0.6 is 0 Å². The van der Waals surface area contributed by atoms with E-state index in [4.69, 9.17) is 0 Å². The molecule has 2 amide bonds. The summed E-state index contributed by atoms with van der Waals surface area (Å²) in [5.41, 5.74) is 3.43. The van der Waals surface area contributed by atoms with E-state index in [-0.39, 0.29) is 12.5 Å². The molecule has 3 aromatic carbocycles. The maximum atomic E-state index is 13.4. The zero-order valence-corrected chi connectivity index (χ0v) is 17.3. The van der Waals surface area contributed by atoms with E-state index in [2.05, 4.69) is 5.32 Å². The molecule has 1 unspecified atom stereocenters. The lowest BCUT2D eigenvalue weighted by molar-refractivity contribution is -0.133. The lowest BCUT2D eigenvalue weighted by Crippen LogP contribution is -2.44. The van der Waals surface area contributed by atoms with Crippen LogP contribution in [0.4, 0.5) is 11.4 Å². The molecular weight excluding hydrogens is 376 g/mol. The summed E-state index contributed by atoms with van der Waals surface area (Å²) in [5.74, 6) is -0.844. The number of rotatable bonds is 4. The number of aliphatic hydroxyl groups is 1. The molecule has 1 atom stereocenters. The number of benzene rings is 3. The second-order valence-electron chi connectivity index (χ2n) is 7.85. The first-order valence-corrected chi connectivity index (χ1v) is 9.89. The molecule has 0 saturated carbocycles. The minimum absolute atomic E-state index is 0.183. The van der Waals surface area contributed by atoms with Crippen LogP contribution in [0, 0.1) is 20.8 Å². The summed E-state index contributed by atoms with van der Waals surface area (Å²) in [7, 11) is 0. The molecule has 152 valence electrons. The molecule has 4 rings (SSSR count). The van der Waals surface area contributed by atoms with Gasteiger partial charge in [-0.15, -0.1) is 0 Å². The number of hydrogen-bond donors (Lipinski definition) is 2. The van der Waals surface area contributed by atoms with Crippen LogP contribution < -0.4 is 10.2 Å². The molecule has 0 spiro atoms. The van der Waals surface area contributed by atoms with Crippen molar-refractivity contribution in [3.8, 4) is 0 Å². The number of hydrogen-bond acceptors (Lipinski definition) is 3. The van der Waals surface area contributed by atoms with Gasteiger partial charge in [-0.25, -0.2) is 0 Å². The highest BCUT2D eigenvalue weighted by Gasteiger charge is 2.51. The summed E-state index contributed by atoms with van der Waals surface area (Å²) in [5, 5.41) is 14.4. The Morgan fingerprint density at radius 1 is 0.967 bits per heavy atom. The predicted molar refractivity (Wildman–Crippen MR) is 118 cm³/mol. The maximum Gasteiger partial charge on any atom is 0.268 e. The van der Waals surface area contributed by atoms with Crippen LogP contribution in [0.5, 0.6) is 0 Å². The molecule has 0 aliphatic carbocycles. The lowest BCUT2D eigenvalue weighted by Gasteiger charge is -2.24. The zero-order chi connectivity index (χ0) is 21.5. The van der Waals surface area contributed by atoms with Gasteiger partial charge in [-0.05, 0) is 49.6 Å². The largest absolute Gasteiger partial charge is 0.372 e. The monoisotopic (exact) mass is 400 g/mol. The molecule has 0 saturated heterocycles. The van der Waals surface area contributed by atoms with Gasteiger partial charge >= 0.3 is 0 Å². The van der Waals surface area contributed by atoms with Gasteiger partial charge in [0.25, 0.3) is 5.91 Å². The van der Waals surface area contributed by atoms with Crippen molar-refractivity contribution in [2.75, 3.05) is 16.8 Å². The van der Waals surface area contributed by atoms with Gasteiger partial charge in [0.2, 0.25) is 5.91 Å². The van der Waals surface area contributed by atoms with E-state index in [0.717, 1.165) is 16.7 Å². The molecule has 1 heterocycles. The number of anilines is 2. The van der Waals surface area contributed by atoms with E-state index >= 15 is 0 Å². The van der Waals surface area contributed by atoms with Gasteiger partial charge in [0.15, 0.2) is 5.60 Å². The summed E-state index contributed by atoms with van der Waals surface area (Å²) >= 11 is 0. The van der Waals surface area contributed by atoms with Gasteiger partial charge in [0, 0.05) is 11.3 Å². The third-order valence-corrected chi connectivity index (χ3v) is 5.58. The van der Waals surface area contributed by atoms with Gasteiger partial charge in [-0.3, -0.25) is 14.5 Å². The Hall–Kier alpha value is -3.44. The molecule has 5 nitrogen and oxygen atoms in total. The summed E-state index contributed by atoms with van der Waals surface area (Å²) in [6.07, 6.45) is 0. The molecule has 2 N–H and O–H groups in total. The number of amides is 2. The van der Waals surface area contributed by atoms with Crippen LogP contribution in [0.2, 0.25) is 0 Å². The SMILES string of the molecule is Cc1ccc(C2(O)C(=O)N(CC(=O)Nc3cc(C)ccc3C)c3ccccc32)cc1. The number of carbonyl (C=O) groups excluding carboxylic acids is 2. The second-order valence-corrected chi connectivity index (χ2v) is 7.85. The molecule has 0 radical (unpaired) electrons. The topological polar surface area (TPSA) is 69.6 Å². The first-order chi connectivity index (χ1) is 14.3. The van der Waals surface area contributed by atoms with Crippen LogP contribution in [0.25, 0.3) is 0 Å². The average Bonchev–Trinajstić information content (AvgIpc) is 2.94. The number of nitrogens with one attached hydrogen (secondary N) is 1. The number of carbonyl (C=O) groups is 2. The van der Waals surface area contributed by atoms with E-state index in [1.807, 2.05) is 51.1 Å². The molecule has 0 aromatic heterocycles. The van der Waals surface area contributed by atoms with E-state index in [1.54, 1.807) is 36.4 Å². The van der Waals surface area contributed by atoms with Crippen molar-refractivity contribution in [3.05, 3.63) is 94.5 Å². The summed E-state index contributed by atoms with van der Waals surface area (Å²) in [6.45, 7) is 5.64. The quantitative estimate of drug-likeness (QED) is 0.699. The number of fused-ring (bicyclic) bond motifs is 1. The Labute approximate surface area is 176 Å².